The number of nitrogens with zero attached hydrogens (tertiary/aromatic N) is 1. The molecule has 88 valence electrons. The Morgan fingerprint density at radius 3 is 2.56 bits per heavy atom. The molecule has 0 atom stereocenters. The van der Waals surface area contributed by atoms with Crippen LogP contribution in [0.4, 0.5) is 11.4 Å². The van der Waals surface area contributed by atoms with E-state index in [1.807, 2.05) is 18.0 Å². The molecule has 1 aromatic carbocycles. The van der Waals surface area contributed by atoms with Crippen molar-refractivity contribution in [3.63, 3.8) is 0 Å². The smallest absolute Gasteiger partial charge is 0.250 e. The highest BCUT2D eigenvalue weighted by atomic mass is 16.1. The summed E-state index contributed by atoms with van der Waals surface area (Å²) in [6, 6.07) is 5.33. The molecular formula is C12H19N3O. The number of primary amides is 1. The van der Waals surface area contributed by atoms with Gasteiger partial charge in [0.1, 0.15) is 0 Å². The van der Waals surface area contributed by atoms with Crippen LogP contribution in [0.3, 0.4) is 0 Å². The van der Waals surface area contributed by atoms with Crippen LogP contribution >= 0.6 is 0 Å². The maximum absolute atomic E-state index is 11.1. The Balaban J connectivity index is 3.05. The van der Waals surface area contributed by atoms with Gasteiger partial charge < -0.3 is 16.4 Å². The van der Waals surface area contributed by atoms with E-state index < -0.39 is 5.91 Å². The highest BCUT2D eigenvalue weighted by Gasteiger charge is 2.12. The first-order valence-corrected chi connectivity index (χ1v) is 5.33. The molecular weight excluding hydrogens is 202 g/mol. The first kappa shape index (κ1) is 12.4. The third-order valence-corrected chi connectivity index (χ3v) is 2.40. The van der Waals surface area contributed by atoms with Crippen LogP contribution in [0.5, 0.6) is 0 Å². The second-order valence-corrected chi connectivity index (χ2v) is 4.38. The minimum Gasteiger partial charge on any atom is -0.396 e. The Morgan fingerprint density at radius 2 is 2.06 bits per heavy atom. The number of para-hydroxylation sites is 1. The summed E-state index contributed by atoms with van der Waals surface area (Å²) in [6.07, 6.45) is 0. The van der Waals surface area contributed by atoms with Gasteiger partial charge in [0.25, 0.3) is 5.91 Å². The Bertz CT molecular complexity index is 388. The third-order valence-electron chi connectivity index (χ3n) is 2.40. The first-order valence-electron chi connectivity index (χ1n) is 5.33. The molecule has 1 amide bonds. The Kier molecular flexibility index (Phi) is 3.77. The fourth-order valence-corrected chi connectivity index (χ4v) is 1.75. The predicted molar refractivity (Wildman–Crippen MR) is 67.5 cm³/mol. The second kappa shape index (κ2) is 4.88. The quantitative estimate of drug-likeness (QED) is 0.756. The van der Waals surface area contributed by atoms with E-state index in [9.17, 15) is 4.79 Å². The van der Waals surface area contributed by atoms with Gasteiger partial charge in [0, 0.05) is 13.6 Å². The summed E-state index contributed by atoms with van der Waals surface area (Å²) < 4.78 is 0. The number of amides is 1. The van der Waals surface area contributed by atoms with Gasteiger partial charge in [0.05, 0.1) is 16.9 Å². The molecule has 16 heavy (non-hydrogen) atoms. The van der Waals surface area contributed by atoms with Crippen molar-refractivity contribution in [2.24, 2.45) is 11.7 Å². The lowest BCUT2D eigenvalue weighted by Crippen LogP contribution is -2.24. The van der Waals surface area contributed by atoms with Gasteiger partial charge >= 0.3 is 0 Å². The zero-order valence-electron chi connectivity index (χ0n) is 10.0. The Morgan fingerprint density at radius 1 is 1.44 bits per heavy atom. The van der Waals surface area contributed by atoms with Crippen molar-refractivity contribution in [2.45, 2.75) is 13.8 Å². The molecule has 0 fully saturated rings. The molecule has 0 radical (unpaired) electrons. The lowest BCUT2D eigenvalue weighted by atomic mass is 10.1. The van der Waals surface area contributed by atoms with Gasteiger partial charge in [-0.05, 0) is 18.1 Å². The van der Waals surface area contributed by atoms with E-state index in [1.165, 1.54) is 0 Å². The van der Waals surface area contributed by atoms with Crippen LogP contribution in [0.2, 0.25) is 0 Å². The number of anilines is 2. The molecule has 4 nitrogen and oxygen atoms in total. The first-order chi connectivity index (χ1) is 7.43. The van der Waals surface area contributed by atoms with Crippen LogP contribution in [0.25, 0.3) is 0 Å². The summed E-state index contributed by atoms with van der Waals surface area (Å²) in [7, 11) is 1.95. The number of carbonyl (C=O) groups excluding carboxylic acids is 1. The molecule has 0 aromatic heterocycles. The van der Waals surface area contributed by atoms with Gasteiger partial charge in [-0.1, -0.05) is 19.9 Å². The highest BCUT2D eigenvalue weighted by molar-refractivity contribution is 6.00. The van der Waals surface area contributed by atoms with E-state index in [2.05, 4.69) is 13.8 Å². The number of hydrogen-bond donors (Lipinski definition) is 2. The molecule has 0 spiro atoms. The third kappa shape index (κ3) is 2.66. The van der Waals surface area contributed by atoms with Crippen LogP contribution in [0.1, 0.15) is 24.2 Å². The second-order valence-electron chi connectivity index (χ2n) is 4.38. The number of carbonyl (C=O) groups is 1. The van der Waals surface area contributed by atoms with Crippen LogP contribution in [-0.2, 0) is 0 Å². The van der Waals surface area contributed by atoms with Crippen molar-refractivity contribution in [1.29, 1.82) is 0 Å². The van der Waals surface area contributed by atoms with E-state index in [4.69, 9.17) is 11.5 Å². The molecule has 0 unspecified atom stereocenters. The molecule has 0 aliphatic heterocycles. The normalized spacial score (nSPS) is 10.5. The lowest BCUT2D eigenvalue weighted by molar-refractivity contribution is 0.100. The molecule has 0 bridgehead atoms. The summed E-state index contributed by atoms with van der Waals surface area (Å²) in [5.74, 6) is 0.0407. The minimum absolute atomic E-state index is 0.383. The summed E-state index contributed by atoms with van der Waals surface area (Å²) >= 11 is 0. The maximum atomic E-state index is 11.1. The van der Waals surface area contributed by atoms with Crippen LogP contribution < -0.4 is 16.4 Å². The molecule has 0 aliphatic rings. The monoisotopic (exact) mass is 221 g/mol. The zero-order chi connectivity index (χ0) is 12.3. The van der Waals surface area contributed by atoms with Gasteiger partial charge in [0.2, 0.25) is 0 Å². The Labute approximate surface area is 96.2 Å². The van der Waals surface area contributed by atoms with E-state index in [0.29, 0.717) is 17.2 Å². The average Bonchev–Trinajstić information content (AvgIpc) is 2.16. The van der Waals surface area contributed by atoms with Gasteiger partial charge in [0.15, 0.2) is 0 Å². The summed E-state index contributed by atoms with van der Waals surface area (Å²) in [6.45, 7) is 5.14. The number of nitrogens with two attached hydrogens (primary N) is 2. The maximum Gasteiger partial charge on any atom is 0.250 e. The van der Waals surface area contributed by atoms with E-state index >= 15 is 0 Å². The van der Waals surface area contributed by atoms with Crippen molar-refractivity contribution in [3.8, 4) is 0 Å². The van der Waals surface area contributed by atoms with Crippen LogP contribution in [0.15, 0.2) is 18.2 Å². The average molecular weight is 221 g/mol. The fourth-order valence-electron chi connectivity index (χ4n) is 1.75. The number of rotatable bonds is 4. The number of nitrogen functional groups attached to an aromatic ring is 1. The molecule has 4 N–H and O–H groups in total. The standard InChI is InChI=1S/C12H19N3O/c1-8(2)7-15(3)10-6-4-5-9(11(10)13)12(14)16/h4-6,8H,7,13H2,1-3H3,(H2,14,16). The highest BCUT2D eigenvalue weighted by Crippen LogP contribution is 2.25. The van der Waals surface area contributed by atoms with Gasteiger partial charge in [-0.25, -0.2) is 0 Å². The molecule has 1 aromatic rings. The molecule has 0 heterocycles. The fraction of sp³-hybridized carbons (Fsp3) is 0.417. The van der Waals surface area contributed by atoms with Crippen molar-refractivity contribution in [2.75, 3.05) is 24.2 Å². The molecule has 0 aliphatic carbocycles. The van der Waals surface area contributed by atoms with Gasteiger partial charge in [-0.2, -0.15) is 0 Å². The molecule has 1 rings (SSSR count). The molecule has 0 saturated heterocycles. The molecule has 4 heteroatoms. The predicted octanol–water partition coefficient (Wildman–Crippen LogP) is 1.46. The van der Waals surface area contributed by atoms with Gasteiger partial charge in [-0.15, -0.1) is 0 Å². The van der Waals surface area contributed by atoms with E-state index in [0.717, 1.165) is 12.2 Å². The largest absolute Gasteiger partial charge is 0.396 e. The summed E-state index contributed by atoms with van der Waals surface area (Å²) in [5.41, 5.74) is 12.9. The number of benzene rings is 1. The Hall–Kier alpha value is -1.71. The SMILES string of the molecule is CC(C)CN(C)c1cccc(C(N)=O)c1N. The van der Waals surface area contributed by atoms with E-state index in [-0.39, 0.29) is 0 Å². The zero-order valence-corrected chi connectivity index (χ0v) is 10.0. The lowest BCUT2D eigenvalue weighted by Gasteiger charge is -2.23. The summed E-state index contributed by atoms with van der Waals surface area (Å²) in [4.78, 5) is 13.2. The number of hydrogen-bond acceptors (Lipinski definition) is 3. The minimum atomic E-state index is -0.489. The molecule has 0 saturated carbocycles. The topological polar surface area (TPSA) is 72.3 Å². The van der Waals surface area contributed by atoms with Crippen molar-refractivity contribution >= 4 is 17.3 Å². The van der Waals surface area contributed by atoms with Crippen molar-refractivity contribution < 1.29 is 4.79 Å². The van der Waals surface area contributed by atoms with Crippen LogP contribution in [-0.4, -0.2) is 19.5 Å². The van der Waals surface area contributed by atoms with E-state index in [1.54, 1.807) is 12.1 Å². The van der Waals surface area contributed by atoms with Crippen molar-refractivity contribution in [3.05, 3.63) is 23.8 Å². The summed E-state index contributed by atoms with van der Waals surface area (Å²) in [5, 5.41) is 0. The van der Waals surface area contributed by atoms with Crippen molar-refractivity contribution in [1.82, 2.24) is 0 Å². The van der Waals surface area contributed by atoms with Gasteiger partial charge in [-0.3, -0.25) is 4.79 Å². The van der Waals surface area contributed by atoms with Crippen LogP contribution in [0, 0.1) is 5.92 Å².